The zero-order chi connectivity index (χ0) is 26.2. The van der Waals surface area contributed by atoms with Gasteiger partial charge in [-0.2, -0.15) is 0 Å². The third-order valence-electron chi connectivity index (χ3n) is 6.00. The molecule has 0 spiro atoms. The van der Waals surface area contributed by atoms with Crippen LogP contribution in [-0.4, -0.2) is 16.1 Å². The lowest BCUT2D eigenvalue weighted by Gasteiger charge is -2.16. The van der Waals surface area contributed by atoms with Crippen molar-refractivity contribution in [1.82, 2.24) is 4.98 Å². The molecule has 190 valence electrons. The van der Waals surface area contributed by atoms with Gasteiger partial charge in [0, 0.05) is 11.5 Å². The Balaban J connectivity index is 1.50. The maximum atomic E-state index is 13.2. The molecule has 0 amide bonds. The maximum absolute atomic E-state index is 13.2. The highest BCUT2D eigenvalue weighted by Gasteiger charge is 2.19. The van der Waals surface area contributed by atoms with Crippen LogP contribution in [0.25, 0.3) is 10.9 Å². The van der Waals surface area contributed by atoms with Crippen LogP contribution in [0.3, 0.4) is 0 Å². The van der Waals surface area contributed by atoms with Gasteiger partial charge in [-0.15, -0.1) is 0 Å². The monoisotopic (exact) mass is 505 g/mol. The molecule has 1 N–H and O–H groups in total. The molecule has 1 heterocycles. The number of esters is 1. The van der Waals surface area contributed by atoms with Crippen molar-refractivity contribution >= 4 is 16.9 Å². The number of aliphatic hydroxyl groups is 1. The molecule has 0 aliphatic heterocycles. The van der Waals surface area contributed by atoms with Crippen molar-refractivity contribution in [2.45, 2.75) is 26.4 Å². The van der Waals surface area contributed by atoms with Gasteiger partial charge >= 0.3 is 5.97 Å². The fraction of sp³-hybridized carbons (Fsp3) is 0.125. The van der Waals surface area contributed by atoms with Gasteiger partial charge in [0.2, 0.25) is 0 Å². The van der Waals surface area contributed by atoms with Crippen molar-refractivity contribution in [1.29, 1.82) is 0 Å². The Labute approximate surface area is 221 Å². The molecule has 6 heteroatoms. The Kier molecular flexibility index (Phi) is 7.92. The first-order valence-electron chi connectivity index (χ1n) is 12.3. The lowest BCUT2D eigenvalue weighted by molar-refractivity contribution is 0.0474. The molecule has 4 aromatic carbocycles. The van der Waals surface area contributed by atoms with Crippen molar-refractivity contribution in [3.8, 4) is 11.5 Å². The minimum atomic E-state index is -0.511. The molecule has 0 aliphatic carbocycles. The number of hydrogen-bond donors (Lipinski definition) is 1. The maximum Gasteiger partial charge on any atom is 0.339 e. The van der Waals surface area contributed by atoms with E-state index in [0.717, 1.165) is 16.7 Å². The standard InChI is InChI=1S/C32H27NO5/c34-19-26-16-28(32(35)38-22-25-14-8-3-9-15-25)27-17-30(36-20-23-10-4-1-5-11-23)31(18-29(27)33-26)37-21-24-12-6-2-7-13-24/h1-18,34H,19-22H2. The molecule has 0 fully saturated rings. The second-order valence-corrected chi connectivity index (χ2v) is 8.75. The van der Waals surface area contributed by atoms with E-state index in [1.54, 1.807) is 18.2 Å². The molecule has 5 aromatic rings. The van der Waals surface area contributed by atoms with Gasteiger partial charge in [-0.1, -0.05) is 91.0 Å². The number of ether oxygens (including phenoxy) is 3. The van der Waals surface area contributed by atoms with E-state index in [1.165, 1.54) is 0 Å². The van der Waals surface area contributed by atoms with Crippen LogP contribution in [0.4, 0.5) is 0 Å². The van der Waals surface area contributed by atoms with Crippen LogP contribution in [0, 0.1) is 0 Å². The van der Waals surface area contributed by atoms with Gasteiger partial charge in [0.05, 0.1) is 23.4 Å². The van der Waals surface area contributed by atoms with Crippen molar-refractivity contribution in [2.75, 3.05) is 0 Å². The minimum Gasteiger partial charge on any atom is -0.485 e. The molecule has 0 saturated carbocycles. The Morgan fingerprint density at radius 2 is 1.16 bits per heavy atom. The van der Waals surface area contributed by atoms with Gasteiger partial charge < -0.3 is 19.3 Å². The van der Waals surface area contributed by atoms with Gasteiger partial charge in [-0.3, -0.25) is 4.98 Å². The first-order valence-corrected chi connectivity index (χ1v) is 12.3. The van der Waals surface area contributed by atoms with Crippen molar-refractivity contribution in [2.24, 2.45) is 0 Å². The second-order valence-electron chi connectivity index (χ2n) is 8.75. The van der Waals surface area contributed by atoms with Crippen LogP contribution in [0.5, 0.6) is 11.5 Å². The number of benzene rings is 4. The number of nitrogens with zero attached hydrogens (tertiary/aromatic N) is 1. The quantitative estimate of drug-likeness (QED) is 0.226. The van der Waals surface area contributed by atoms with Crippen LogP contribution in [0.15, 0.2) is 109 Å². The second kappa shape index (κ2) is 12.0. The van der Waals surface area contributed by atoms with E-state index in [9.17, 15) is 9.90 Å². The summed E-state index contributed by atoms with van der Waals surface area (Å²) in [6, 6.07) is 34.2. The number of hydrogen-bond acceptors (Lipinski definition) is 6. The van der Waals surface area contributed by atoms with Crippen LogP contribution < -0.4 is 9.47 Å². The number of pyridine rings is 1. The third-order valence-corrected chi connectivity index (χ3v) is 6.00. The lowest BCUT2D eigenvalue weighted by atomic mass is 10.1. The fourth-order valence-corrected chi connectivity index (χ4v) is 4.04. The molecule has 0 unspecified atom stereocenters. The summed E-state index contributed by atoms with van der Waals surface area (Å²) in [5.41, 5.74) is 4.04. The highest BCUT2D eigenvalue weighted by atomic mass is 16.5. The van der Waals surface area contributed by atoms with Crippen molar-refractivity contribution < 1.29 is 24.1 Å². The van der Waals surface area contributed by atoms with Crippen LogP contribution in [0.1, 0.15) is 32.7 Å². The summed E-state index contributed by atoms with van der Waals surface area (Å²) in [4.78, 5) is 17.7. The van der Waals surface area contributed by atoms with Gasteiger partial charge in [0.25, 0.3) is 0 Å². The van der Waals surface area contributed by atoms with Gasteiger partial charge in [-0.05, 0) is 28.8 Å². The average molecular weight is 506 g/mol. The average Bonchev–Trinajstić information content (AvgIpc) is 2.98. The fourth-order valence-electron chi connectivity index (χ4n) is 4.04. The van der Waals surface area contributed by atoms with Crippen LogP contribution in [-0.2, 0) is 31.2 Å². The Bertz CT molecular complexity index is 1510. The van der Waals surface area contributed by atoms with E-state index in [0.29, 0.717) is 46.9 Å². The number of aromatic nitrogens is 1. The van der Waals surface area contributed by atoms with Crippen molar-refractivity contribution in [3.05, 3.63) is 137 Å². The molecule has 0 atom stereocenters. The number of fused-ring (bicyclic) bond motifs is 1. The highest BCUT2D eigenvalue weighted by molar-refractivity contribution is 6.04. The number of carbonyl (C=O) groups excluding carboxylic acids is 1. The van der Waals surface area contributed by atoms with Gasteiger partial charge in [0.1, 0.15) is 19.8 Å². The molecule has 0 radical (unpaired) electrons. The molecule has 0 saturated heterocycles. The summed E-state index contributed by atoms with van der Waals surface area (Å²) in [6.07, 6.45) is 0. The molecular weight excluding hydrogens is 478 g/mol. The Morgan fingerprint density at radius 1 is 0.658 bits per heavy atom. The van der Waals surface area contributed by atoms with Gasteiger partial charge in [-0.25, -0.2) is 4.79 Å². The van der Waals surface area contributed by atoms with E-state index in [1.807, 2.05) is 91.0 Å². The molecule has 1 aromatic heterocycles. The largest absolute Gasteiger partial charge is 0.485 e. The first-order chi connectivity index (χ1) is 18.7. The third kappa shape index (κ3) is 6.17. The predicted octanol–water partition coefficient (Wildman–Crippen LogP) is 6.24. The summed E-state index contributed by atoms with van der Waals surface area (Å²) < 4.78 is 17.9. The van der Waals surface area contributed by atoms with Crippen LogP contribution >= 0.6 is 0 Å². The first kappa shape index (κ1) is 25.0. The van der Waals surface area contributed by atoms with E-state index in [-0.39, 0.29) is 13.2 Å². The van der Waals surface area contributed by atoms with Gasteiger partial charge in [0.15, 0.2) is 11.5 Å². The normalized spacial score (nSPS) is 10.8. The number of rotatable bonds is 10. The van der Waals surface area contributed by atoms with E-state index >= 15 is 0 Å². The predicted molar refractivity (Wildman–Crippen MR) is 145 cm³/mol. The summed E-state index contributed by atoms with van der Waals surface area (Å²) >= 11 is 0. The zero-order valence-electron chi connectivity index (χ0n) is 20.7. The summed E-state index contributed by atoms with van der Waals surface area (Å²) in [6.45, 7) is 0.471. The molecule has 5 rings (SSSR count). The molecule has 6 nitrogen and oxygen atoms in total. The lowest BCUT2D eigenvalue weighted by Crippen LogP contribution is -2.09. The topological polar surface area (TPSA) is 77.9 Å². The van der Waals surface area contributed by atoms with Crippen LogP contribution in [0.2, 0.25) is 0 Å². The summed E-state index contributed by atoms with van der Waals surface area (Å²) in [5, 5.41) is 10.4. The van der Waals surface area contributed by atoms with Crippen molar-refractivity contribution in [3.63, 3.8) is 0 Å². The summed E-state index contributed by atoms with van der Waals surface area (Å²) in [7, 11) is 0. The Morgan fingerprint density at radius 3 is 1.68 bits per heavy atom. The SMILES string of the molecule is O=C(OCc1ccccc1)c1cc(CO)nc2cc(OCc3ccccc3)c(OCc3ccccc3)cc12. The van der Waals surface area contributed by atoms with E-state index in [4.69, 9.17) is 14.2 Å². The molecular formula is C32H27NO5. The molecule has 38 heavy (non-hydrogen) atoms. The number of aliphatic hydroxyl groups excluding tert-OH is 1. The zero-order valence-corrected chi connectivity index (χ0v) is 20.7. The molecule has 0 aliphatic rings. The summed E-state index contributed by atoms with van der Waals surface area (Å²) in [5.74, 6) is 0.458. The smallest absolute Gasteiger partial charge is 0.339 e. The van der Waals surface area contributed by atoms with E-state index < -0.39 is 5.97 Å². The minimum absolute atomic E-state index is 0.133. The Hall–Kier alpha value is -4.68. The molecule has 0 bridgehead atoms. The number of carbonyl (C=O) groups is 1. The highest BCUT2D eigenvalue weighted by Crippen LogP contribution is 2.35. The van der Waals surface area contributed by atoms with E-state index in [2.05, 4.69) is 4.98 Å².